The quantitative estimate of drug-likeness (QED) is 0.916. The molecule has 0 amide bonds. The minimum absolute atomic E-state index is 0. The Morgan fingerprint density at radius 3 is 2.68 bits per heavy atom. The van der Waals surface area contributed by atoms with E-state index in [1.165, 1.54) is 16.8 Å². The zero-order chi connectivity index (χ0) is 14.8. The number of pyridine rings is 1. The van der Waals surface area contributed by atoms with E-state index < -0.39 is 0 Å². The first-order valence-corrected chi connectivity index (χ1v) is 8.13. The Hall–Kier alpha value is -1.03. The molecule has 0 unspecified atom stereocenters. The second kappa shape index (κ2) is 7.49. The normalized spacial score (nSPS) is 15.0. The highest BCUT2D eigenvalue weighted by Crippen LogP contribution is 2.32. The number of aromatic nitrogens is 1. The highest BCUT2D eigenvalue weighted by atomic mass is 35.5. The summed E-state index contributed by atoms with van der Waals surface area (Å²) in [5.74, 6) is 0. The van der Waals surface area contributed by atoms with Crippen molar-refractivity contribution in [3.63, 3.8) is 0 Å². The molecule has 120 valence electrons. The first-order valence-electron chi connectivity index (χ1n) is 7.75. The fraction of sp³-hybridized carbons (Fsp3) is 0.471. The van der Waals surface area contributed by atoms with Crippen LogP contribution in [-0.4, -0.2) is 31.2 Å². The van der Waals surface area contributed by atoms with Gasteiger partial charge in [0, 0.05) is 48.0 Å². The van der Waals surface area contributed by atoms with Crippen molar-refractivity contribution in [3.05, 3.63) is 34.5 Å². The standard InChI is InChI=1S/C17H22ClN3.ClH/c1-3-4-13-11-16(21-9-7-19-8-10-21)14-5-6-15(18)12(2)17(14)20-13;/h5-6,11,19H,3-4,7-10H2,1-2H3;1H. The Morgan fingerprint density at radius 1 is 1.27 bits per heavy atom. The van der Waals surface area contributed by atoms with Crippen LogP contribution in [0.15, 0.2) is 18.2 Å². The van der Waals surface area contributed by atoms with E-state index in [4.69, 9.17) is 16.6 Å². The molecule has 0 aliphatic carbocycles. The van der Waals surface area contributed by atoms with Crippen LogP contribution in [0.25, 0.3) is 10.9 Å². The van der Waals surface area contributed by atoms with Crippen LogP contribution in [0.4, 0.5) is 5.69 Å². The maximum atomic E-state index is 6.29. The van der Waals surface area contributed by atoms with Crippen LogP contribution in [0.2, 0.25) is 5.02 Å². The van der Waals surface area contributed by atoms with Gasteiger partial charge in [-0.2, -0.15) is 0 Å². The average molecular weight is 340 g/mol. The van der Waals surface area contributed by atoms with Crippen LogP contribution in [0.5, 0.6) is 0 Å². The van der Waals surface area contributed by atoms with E-state index in [-0.39, 0.29) is 12.4 Å². The van der Waals surface area contributed by atoms with E-state index in [1.807, 2.05) is 6.07 Å². The maximum absolute atomic E-state index is 6.29. The number of benzene rings is 1. The van der Waals surface area contributed by atoms with Gasteiger partial charge < -0.3 is 10.2 Å². The van der Waals surface area contributed by atoms with E-state index in [1.54, 1.807) is 0 Å². The number of hydrogen-bond acceptors (Lipinski definition) is 3. The molecule has 0 radical (unpaired) electrons. The number of anilines is 1. The van der Waals surface area contributed by atoms with Crippen LogP contribution >= 0.6 is 24.0 Å². The minimum atomic E-state index is 0. The van der Waals surface area contributed by atoms with Crippen molar-refractivity contribution in [2.45, 2.75) is 26.7 Å². The van der Waals surface area contributed by atoms with Gasteiger partial charge in [-0.05, 0) is 37.1 Å². The van der Waals surface area contributed by atoms with Crippen molar-refractivity contribution in [2.75, 3.05) is 31.1 Å². The van der Waals surface area contributed by atoms with Crippen LogP contribution in [0.1, 0.15) is 24.6 Å². The lowest BCUT2D eigenvalue weighted by Crippen LogP contribution is -2.43. The lowest BCUT2D eigenvalue weighted by Gasteiger charge is -2.31. The average Bonchev–Trinajstić information content (AvgIpc) is 2.52. The maximum Gasteiger partial charge on any atom is 0.0770 e. The summed E-state index contributed by atoms with van der Waals surface area (Å²) in [7, 11) is 0. The van der Waals surface area contributed by atoms with Gasteiger partial charge in [0.2, 0.25) is 0 Å². The molecule has 1 aliphatic rings. The second-order valence-corrected chi connectivity index (χ2v) is 6.10. The SMILES string of the molecule is CCCc1cc(N2CCNCC2)c2ccc(Cl)c(C)c2n1.Cl. The van der Waals surface area contributed by atoms with Gasteiger partial charge in [0.1, 0.15) is 0 Å². The smallest absolute Gasteiger partial charge is 0.0770 e. The number of nitrogens with one attached hydrogen (secondary N) is 1. The summed E-state index contributed by atoms with van der Waals surface area (Å²) in [6, 6.07) is 6.38. The molecule has 3 nitrogen and oxygen atoms in total. The Kier molecular flexibility index (Phi) is 5.90. The predicted molar refractivity (Wildman–Crippen MR) is 97.8 cm³/mol. The third-order valence-corrected chi connectivity index (χ3v) is 4.57. The number of rotatable bonds is 3. The van der Waals surface area contributed by atoms with Gasteiger partial charge in [-0.25, -0.2) is 0 Å². The first kappa shape index (κ1) is 17.3. The molecule has 1 N–H and O–H groups in total. The summed E-state index contributed by atoms with van der Waals surface area (Å²) in [6.45, 7) is 8.44. The van der Waals surface area contributed by atoms with Crippen LogP contribution in [0, 0.1) is 6.92 Å². The molecule has 5 heteroatoms. The van der Waals surface area contributed by atoms with E-state index in [0.29, 0.717) is 0 Å². The summed E-state index contributed by atoms with van der Waals surface area (Å²) in [5.41, 5.74) is 4.62. The Morgan fingerprint density at radius 2 is 2.00 bits per heavy atom. The second-order valence-electron chi connectivity index (χ2n) is 5.69. The molecule has 0 bridgehead atoms. The first-order chi connectivity index (χ1) is 10.2. The summed E-state index contributed by atoms with van der Waals surface area (Å²) in [4.78, 5) is 7.32. The number of hydrogen-bond donors (Lipinski definition) is 1. The van der Waals surface area contributed by atoms with E-state index in [2.05, 4.69) is 36.2 Å². The third kappa shape index (κ3) is 3.32. The van der Waals surface area contributed by atoms with Crippen LogP contribution in [-0.2, 0) is 6.42 Å². The predicted octanol–water partition coefficient (Wildman–Crippen LogP) is 3.98. The van der Waals surface area contributed by atoms with E-state index in [9.17, 15) is 0 Å². The molecular weight excluding hydrogens is 317 g/mol. The van der Waals surface area contributed by atoms with Gasteiger partial charge >= 0.3 is 0 Å². The number of fused-ring (bicyclic) bond motifs is 1. The van der Waals surface area contributed by atoms with Crippen molar-refractivity contribution in [1.82, 2.24) is 10.3 Å². The van der Waals surface area contributed by atoms with Crippen molar-refractivity contribution in [1.29, 1.82) is 0 Å². The zero-order valence-electron chi connectivity index (χ0n) is 13.2. The molecule has 2 aromatic rings. The highest BCUT2D eigenvalue weighted by Gasteiger charge is 2.16. The fourth-order valence-electron chi connectivity index (χ4n) is 2.99. The molecule has 1 aliphatic heterocycles. The van der Waals surface area contributed by atoms with Crippen molar-refractivity contribution in [3.8, 4) is 0 Å². The monoisotopic (exact) mass is 339 g/mol. The molecular formula is C17H23Cl2N3. The molecule has 0 saturated carbocycles. The minimum Gasteiger partial charge on any atom is -0.368 e. The lowest BCUT2D eigenvalue weighted by atomic mass is 10.1. The molecule has 1 aromatic heterocycles. The Labute approximate surface area is 143 Å². The molecule has 2 heterocycles. The van der Waals surface area contributed by atoms with Crippen molar-refractivity contribution in [2.24, 2.45) is 0 Å². The molecule has 22 heavy (non-hydrogen) atoms. The van der Waals surface area contributed by atoms with Gasteiger partial charge in [0.25, 0.3) is 0 Å². The topological polar surface area (TPSA) is 28.2 Å². The molecule has 1 saturated heterocycles. The Balaban J connectivity index is 0.00000176. The van der Waals surface area contributed by atoms with Gasteiger partial charge in [-0.1, -0.05) is 24.9 Å². The summed E-state index contributed by atoms with van der Waals surface area (Å²) in [5, 5.41) is 5.44. The lowest BCUT2D eigenvalue weighted by molar-refractivity contribution is 0.590. The number of aryl methyl sites for hydroxylation is 2. The molecule has 0 atom stereocenters. The van der Waals surface area contributed by atoms with Gasteiger partial charge in [0.15, 0.2) is 0 Å². The Bertz CT molecular complexity index is 652. The summed E-state index contributed by atoms with van der Waals surface area (Å²) in [6.07, 6.45) is 2.13. The molecule has 1 aromatic carbocycles. The fourth-order valence-corrected chi connectivity index (χ4v) is 3.14. The van der Waals surface area contributed by atoms with Gasteiger partial charge in [0.05, 0.1) is 5.52 Å². The number of nitrogens with zero attached hydrogens (tertiary/aromatic N) is 2. The molecule has 0 spiro atoms. The molecule has 3 rings (SSSR count). The highest BCUT2D eigenvalue weighted by molar-refractivity contribution is 6.32. The van der Waals surface area contributed by atoms with Gasteiger partial charge in [-0.15, -0.1) is 12.4 Å². The third-order valence-electron chi connectivity index (χ3n) is 4.16. The number of halogens is 2. The van der Waals surface area contributed by atoms with Crippen LogP contribution in [0.3, 0.4) is 0 Å². The largest absolute Gasteiger partial charge is 0.368 e. The number of piperazine rings is 1. The van der Waals surface area contributed by atoms with Crippen LogP contribution < -0.4 is 10.2 Å². The van der Waals surface area contributed by atoms with E-state index >= 15 is 0 Å². The van der Waals surface area contributed by atoms with Crippen molar-refractivity contribution < 1.29 is 0 Å². The molecule has 1 fully saturated rings. The van der Waals surface area contributed by atoms with E-state index in [0.717, 1.165) is 55.1 Å². The van der Waals surface area contributed by atoms with Crippen molar-refractivity contribution >= 4 is 40.6 Å². The zero-order valence-corrected chi connectivity index (χ0v) is 14.7. The summed E-state index contributed by atoms with van der Waals surface area (Å²) < 4.78 is 0. The van der Waals surface area contributed by atoms with Gasteiger partial charge in [-0.3, -0.25) is 4.98 Å². The summed E-state index contributed by atoms with van der Waals surface area (Å²) >= 11 is 6.29.